The Balaban J connectivity index is 0.00000261. The zero-order valence-corrected chi connectivity index (χ0v) is 18.1. The fourth-order valence-electron chi connectivity index (χ4n) is 2.43. The zero-order chi connectivity index (χ0) is 18.4. The molecule has 0 saturated carbocycles. The third-order valence-electron chi connectivity index (χ3n) is 3.85. The molecular formula is C19H21ClIN5O. The van der Waals surface area contributed by atoms with Crippen molar-refractivity contribution in [2.45, 2.75) is 19.5 Å². The van der Waals surface area contributed by atoms with Crippen LogP contribution in [-0.2, 0) is 6.54 Å². The van der Waals surface area contributed by atoms with Gasteiger partial charge in [-0.25, -0.2) is 0 Å². The van der Waals surface area contributed by atoms with Gasteiger partial charge in [-0.05, 0) is 36.8 Å². The number of nitrogens with zero attached hydrogens (tertiary/aromatic N) is 3. The standard InChI is InChI=1S/C19H20ClN5O.HI/c1-13(14-6-4-3-5-7-14)23-19(21-2)22-12-17-24-18(25-26-17)15-8-10-16(20)11-9-15;/h3-11,13H,12H2,1-2H3,(H2,21,22,23);1H. The maximum atomic E-state index is 5.90. The van der Waals surface area contributed by atoms with Gasteiger partial charge in [0.25, 0.3) is 0 Å². The van der Waals surface area contributed by atoms with Gasteiger partial charge >= 0.3 is 0 Å². The third kappa shape index (κ3) is 5.93. The van der Waals surface area contributed by atoms with E-state index in [1.54, 1.807) is 19.2 Å². The van der Waals surface area contributed by atoms with Gasteiger partial charge in [0.2, 0.25) is 11.7 Å². The largest absolute Gasteiger partial charge is 0.350 e. The van der Waals surface area contributed by atoms with Gasteiger partial charge in [0.1, 0.15) is 0 Å². The lowest BCUT2D eigenvalue weighted by Gasteiger charge is -2.17. The van der Waals surface area contributed by atoms with Crippen LogP contribution in [0.15, 0.2) is 64.1 Å². The molecule has 0 saturated heterocycles. The Morgan fingerprint density at radius 2 is 1.85 bits per heavy atom. The summed E-state index contributed by atoms with van der Waals surface area (Å²) in [5.41, 5.74) is 2.03. The van der Waals surface area contributed by atoms with E-state index in [-0.39, 0.29) is 30.0 Å². The van der Waals surface area contributed by atoms with Crippen LogP contribution in [0.25, 0.3) is 11.4 Å². The Hall–Kier alpha value is -2.13. The van der Waals surface area contributed by atoms with Crippen LogP contribution in [0.3, 0.4) is 0 Å². The van der Waals surface area contributed by atoms with Crippen LogP contribution in [0.5, 0.6) is 0 Å². The smallest absolute Gasteiger partial charge is 0.246 e. The minimum Gasteiger partial charge on any atom is -0.350 e. The molecule has 2 aromatic carbocycles. The summed E-state index contributed by atoms with van der Waals surface area (Å²) in [6.07, 6.45) is 0. The first-order valence-electron chi connectivity index (χ1n) is 8.26. The molecule has 27 heavy (non-hydrogen) atoms. The van der Waals surface area contributed by atoms with Gasteiger partial charge in [0.15, 0.2) is 5.96 Å². The summed E-state index contributed by atoms with van der Waals surface area (Å²) >= 11 is 5.90. The monoisotopic (exact) mass is 497 g/mol. The van der Waals surface area contributed by atoms with Crippen molar-refractivity contribution >= 4 is 41.5 Å². The second-order valence-corrected chi connectivity index (χ2v) is 6.16. The van der Waals surface area contributed by atoms with Crippen molar-refractivity contribution < 1.29 is 4.52 Å². The molecule has 1 aromatic heterocycles. The molecule has 2 N–H and O–H groups in total. The number of guanidine groups is 1. The lowest BCUT2D eigenvalue weighted by molar-refractivity contribution is 0.375. The summed E-state index contributed by atoms with van der Waals surface area (Å²) < 4.78 is 5.29. The van der Waals surface area contributed by atoms with Crippen molar-refractivity contribution in [3.63, 3.8) is 0 Å². The van der Waals surface area contributed by atoms with Gasteiger partial charge in [-0.1, -0.05) is 47.1 Å². The van der Waals surface area contributed by atoms with Gasteiger partial charge in [0, 0.05) is 17.6 Å². The van der Waals surface area contributed by atoms with E-state index in [2.05, 4.69) is 44.8 Å². The summed E-state index contributed by atoms with van der Waals surface area (Å²) in [6, 6.07) is 17.6. The molecule has 3 rings (SSSR count). The molecule has 0 amide bonds. The molecule has 0 bridgehead atoms. The van der Waals surface area contributed by atoms with Crippen molar-refractivity contribution in [1.29, 1.82) is 0 Å². The molecule has 3 aromatic rings. The first kappa shape index (κ1) is 21.2. The Labute approximate surface area is 180 Å². The molecule has 142 valence electrons. The zero-order valence-electron chi connectivity index (χ0n) is 15.0. The highest BCUT2D eigenvalue weighted by molar-refractivity contribution is 14.0. The van der Waals surface area contributed by atoms with Crippen molar-refractivity contribution in [3.05, 3.63) is 71.1 Å². The number of hydrogen-bond acceptors (Lipinski definition) is 4. The van der Waals surface area contributed by atoms with Crippen molar-refractivity contribution in [2.24, 2.45) is 4.99 Å². The van der Waals surface area contributed by atoms with Crippen LogP contribution < -0.4 is 10.6 Å². The van der Waals surface area contributed by atoms with Gasteiger partial charge in [0.05, 0.1) is 12.6 Å². The van der Waals surface area contributed by atoms with Crippen LogP contribution in [-0.4, -0.2) is 23.1 Å². The molecule has 0 aliphatic heterocycles. The van der Waals surface area contributed by atoms with E-state index in [0.717, 1.165) is 5.56 Å². The predicted octanol–water partition coefficient (Wildman–Crippen LogP) is 4.43. The first-order valence-corrected chi connectivity index (χ1v) is 8.64. The summed E-state index contributed by atoms with van der Waals surface area (Å²) in [4.78, 5) is 8.62. The summed E-state index contributed by atoms with van der Waals surface area (Å²) in [5, 5.41) is 11.2. The summed E-state index contributed by atoms with van der Waals surface area (Å²) in [5.74, 6) is 1.66. The molecule has 6 nitrogen and oxygen atoms in total. The molecule has 0 fully saturated rings. The van der Waals surface area contributed by atoms with Crippen molar-refractivity contribution in [3.8, 4) is 11.4 Å². The minimum atomic E-state index is 0. The summed E-state index contributed by atoms with van der Waals surface area (Å²) in [7, 11) is 1.72. The van der Waals surface area contributed by atoms with E-state index < -0.39 is 0 Å². The summed E-state index contributed by atoms with van der Waals surface area (Å²) in [6.45, 7) is 2.45. The van der Waals surface area contributed by atoms with Gasteiger partial charge in [-0.2, -0.15) is 4.98 Å². The quantitative estimate of drug-likeness (QED) is 0.310. The van der Waals surface area contributed by atoms with E-state index in [9.17, 15) is 0 Å². The molecule has 0 aliphatic rings. The Morgan fingerprint density at radius 3 is 2.52 bits per heavy atom. The number of aromatic nitrogens is 2. The predicted molar refractivity (Wildman–Crippen MR) is 118 cm³/mol. The lowest BCUT2D eigenvalue weighted by Crippen LogP contribution is -2.38. The average molecular weight is 498 g/mol. The highest BCUT2D eigenvalue weighted by atomic mass is 127. The normalized spacial score (nSPS) is 12.2. The number of aliphatic imine (C=N–C) groups is 1. The Kier molecular flexibility index (Phi) is 8.05. The van der Waals surface area contributed by atoms with Crippen LogP contribution >= 0.6 is 35.6 Å². The van der Waals surface area contributed by atoms with Crippen molar-refractivity contribution in [2.75, 3.05) is 7.05 Å². The van der Waals surface area contributed by atoms with Gasteiger partial charge in [-0.3, -0.25) is 4.99 Å². The van der Waals surface area contributed by atoms with E-state index in [4.69, 9.17) is 16.1 Å². The number of halogens is 2. The molecule has 1 heterocycles. The molecule has 1 unspecified atom stereocenters. The Bertz CT molecular complexity index is 867. The topological polar surface area (TPSA) is 75.3 Å². The number of hydrogen-bond donors (Lipinski definition) is 2. The maximum absolute atomic E-state index is 5.90. The molecule has 0 spiro atoms. The fraction of sp³-hybridized carbons (Fsp3) is 0.211. The van der Waals surface area contributed by atoms with E-state index >= 15 is 0 Å². The second kappa shape index (κ2) is 10.3. The van der Waals surface area contributed by atoms with Crippen LogP contribution in [0.4, 0.5) is 0 Å². The van der Waals surface area contributed by atoms with Crippen LogP contribution in [0.1, 0.15) is 24.4 Å². The molecule has 0 radical (unpaired) electrons. The maximum Gasteiger partial charge on any atom is 0.246 e. The first-order chi connectivity index (χ1) is 12.7. The van der Waals surface area contributed by atoms with E-state index in [1.165, 1.54) is 5.56 Å². The van der Waals surface area contributed by atoms with E-state index in [0.29, 0.717) is 29.2 Å². The SMILES string of the molecule is CN=C(NCc1nc(-c2ccc(Cl)cc2)no1)NC(C)c1ccccc1.I. The highest BCUT2D eigenvalue weighted by Crippen LogP contribution is 2.18. The van der Waals surface area contributed by atoms with Gasteiger partial charge < -0.3 is 15.2 Å². The molecule has 0 aliphatic carbocycles. The Morgan fingerprint density at radius 1 is 1.15 bits per heavy atom. The third-order valence-corrected chi connectivity index (χ3v) is 4.11. The molecule has 1 atom stereocenters. The van der Waals surface area contributed by atoms with Crippen molar-refractivity contribution in [1.82, 2.24) is 20.8 Å². The van der Waals surface area contributed by atoms with Crippen LogP contribution in [0.2, 0.25) is 5.02 Å². The number of benzene rings is 2. The molecule has 8 heteroatoms. The number of rotatable bonds is 5. The lowest BCUT2D eigenvalue weighted by atomic mass is 10.1. The van der Waals surface area contributed by atoms with Crippen LogP contribution in [0, 0.1) is 0 Å². The minimum absolute atomic E-state index is 0. The van der Waals surface area contributed by atoms with E-state index in [1.807, 2.05) is 30.3 Å². The number of nitrogens with one attached hydrogen (secondary N) is 2. The highest BCUT2D eigenvalue weighted by Gasteiger charge is 2.11. The fourth-order valence-corrected chi connectivity index (χ4v) is 2.55. The average Bonchev–Trinajstić information content (AvgIpc) is 3.15. The molecular weight excluding hydrogens is 477 g/mol. The van der Waals surface area contributed by atoms with Gasteiger partial charge in [-0.15, -0.1) is 24.0 Å². The second-order valence-electron chi connectivity index (χ2n) is 5.72.